The van der Waals surface area contributed by atoms with Crippen molar-refractivity contribution in [1.82, 2.24) is 0 Å². The number of rotatable bonds is 5. The fraction of sp³-hybridized carbons (Fsp3) is 0.280. The minimum absolute atomic E-state index is 0.574. The molecular weight excluding hydrogens is 330 g/mol. The highest BCUT2D eigenvalue weighted by Crippen LogP contribution is 2.33. The molecule has 2 nitrogen and oxygen atoms in total. The minimum atomic E-state index is 0.574. The van der Waals surface area contributed by atoms with Crippen molar-refractivity contribution in [3.8, 4) is 16.9 Å². The number of para-hydroxylation sites is 1. The maximum atomic E-state index is 6.16. The van der Waals surface area contributed by atoms with E-state index >= 15 is 0 Å². The third kappa shape index (κ3) is 4.33. The zero-order valence-electron chi connectivity index (χ0n) is 15.7. The van der Waals surface area contributed by atoms with E-state index in [9.17, 15) is 0 Å². The molecule has 0 unspecified atom stereocenters. The predicted molar refractivity (Wildman–Crippen MR) is 113 cm³/mol. The summed E-state index contributed by atoms with van der Waals surface area (Å²) in [6, 6.07) is 25.1. The summed E-state index contributed by atoms with van der Waals surface area (Å²) >= 11 is 0. The maximum Gasteiger partial charge on any atom is 0.127 e. The zero-order valence-corrected chi connectivity index (χ0v) is 15.7. The van der Waals surface area contributed by atoms with Gasteiger partial charge in [-0.05, 0) is 53.6 Å². The molecule has 4 rings (SSSR count). The van der Waals surface area contributed by atoms with Gasteiger partial charge in [0.25, 0.3) is 0 Å². The van der Waals surface area contributed by atoms with Crippen molar-refractivity contribution in [2.24, 2.45) is 0 Å². The van der Waals surface area contributed by atoms with Gasteiger partial charge in [-0.2, -0.15) is 0 Å². The van der Waals surface area contributed by atoms with Crippen LogP contribution in [0.4, 0.5) is 5.69 Å². The van der Waals surface area contributed by atoms with E-state index in [2.05, 4.69) is 36.4 Å². The summed E-state index contributed by atoms with van der Waals surface area (Å²) in [5, 5.41) is 0. The molecule has 1 aliphatic carbocycles. The molecule has 0 bridgehead atoms. The van der Waals surface area contributed by atoms with Gasteiger partial charge in [0.2, 0.25) is 0 Å². The van der Waals surface area contributed by atoms with Gasteiger partial charge in [-0.1, -0.05) is 73.9 Å². The topological polar surface area (TPSA) is 35.2 Å². The van der Waals surface area contributed by atoms with Crippen LogP contribution in [-0.2, 0) is 6.61 Å². The molecular formula is C25H27NO. The lowest BCUT2D eigenvalue weighted by molar-refractivity contribution is 0.307. The molecule has 1 aliphatic rings. The van der Waals surface area contributed by atoms with Gasteiger partial charge in [-0.3, -0.25) is 0 Å². The highest BCUT2D eigenvalue weighted by Gasteiger charge is 2.15. The number of benzene rings is 3. The molecule has 1 fully saturated rings. The lowest BCUT2D eigenvalue weighted by Crippen LogP contribution is -2.04. The van der Waals surface area contributed by atoms with E-state index in [0.717, 1.165) is 28.5 Å². The molecule has 0 aromatic heterocycles. The Bertz CT molecular complexity index is 879. The normalized spacial score (nSPS) is 14.8. The van der Waals surface area contributed by atoms with E-state index in [1.54, 1.807) is 0 Å². The summed E-state index contributed by atoms with van der Waals surface area (Å²) in [6.07, 6.45) is 6.81. The van der Waals surface area contributed by atoms with Crippen molar-refractivity contribution in [3.05, 3.63) is 83.9 Å². The second-order valence-electron chi connectivity index (χ2n) is 7.49. The molecule has 0 saturated heterocycles. The van der Waals surface area contributed by atoms with Crippen molar-refractivity contribution < 1.29 is 4.74 Å². The summed E-state index contributed by atoms with van der Waals surface area (Å²) in [7, 11) is 0. The van der Waals surface area contributed by atoms with Crippen LogP contribution >= 0.6 is 0 Å². The van der Waals surface area contributed by atoms with Crippen LogP contribution in [0.1, 0.15) is 49.1 Å². The van der Waals surface area contributed by atoms with Crippen LogP contribution in [0, 0.1) is 0 Å². The van der Waals surface area contributed by atoms with Crippen LogP contribution in [0.25, 0.3) is 11.1 Å². The Morgan fingerprint density at radius 1 is 0.815 bits per heavy atom. The Hall–Kier alpha value is -2.74. The third-order valence-electron chi connectivity index (χ3n) is 5.54. The average molecular weight is 357 g/mol. The molecule has 1 saturated carbocycles. The quantitative estimate of drug-likeness (QED) is 0.525. The monoisotopic (exact) mass is 357 g/mol. The van der Waals surface area contributed by atoms with Gasteiger partial charge in [0.15, 0.2) is 0 Å². The smallest absolute Gasteiger partial charge is 0.127 e. The molecule has 0 radical (unpaired) electrons. The average Bonchev–Trinajstić information content (AvgIpc) is 2.73. The maximum absolute atomic E-state index is 6.16. The fourth-order valence-electron chi connectivity index (χ4n) is 4.02. The van der Waals surface area contributed by atoms with Crippen LogP contribution in [0.5, 0.6) is 5.75 Å². The Morgan fingerprint density at radius 2 is 1.59 bits per heavy atom. The Kier molecular flexibility index (Phi) is 5.43. The molecule has 0 aliphatic heterocycles. The molecule has 0 heterocycles. The molecule has 0 spiro atoms. The number of nitrogens with two attached hydrogens (primary N) is 1. The van der Waals surface area contributed by atoms with Crippen LogP contribution in [0.15, 0.2) is 72.8 Å². The summed E-state index contributed by atoms with van der Waals surface area (Å²) in [5.74, 6) is 1.64. The summed E-state index contributed by atoms with van der Waals surface area (Å²) < 4.78 is 6.16. The largest absolute Gasteiger partial charge is 0.488 e. The van der Waals surface area contributed by atoms with Gasteiger partial charge in [0.1, 0.15) is 12.4 Å². The second kappa shape index (κ2) is 8.30. The van der Waals surface area contributed by atoms with Crippen molar-refractivity contribution in [2.75, 3.05) is 5.73 Å². The Morgan fingerprint density at radius 3 is 2.37 bits per heavy atom. The van der Waals surface area contributed by atoms with E-state index in [0.29, 0.717) is 6.61 Å². The summed E-state index contributed by atoms with van der Waals surface area (Å²) in [6.45, 7) is 0.574. The molecule has 138 valence electrons. The molecule has 27 heavy (non-hydrogen) atoms. The van der Waals surface area contributed by atoms with Gasteiger partial charge in [0.05, 0.1) is 0 Å². The number of hydrogen-bond acceptors (Lipinski definition) is 2. The van der Waals surface area contributed by atoms with Crippen molar-refractivity contribution >= 4 is 5.69 Å². The summed E-state index contributed by atoms with van der Waals surface area (Å²) in [4.78, 5) is 0. The van der Waals surface area contributed by atoms with Crippen LogP contribution < -0.4 is 10.5 Å². The van der Waals surface area contributed by atoms with E-state index in [1.807, 2.05) is 36.4 Å². The van der Waals surface area contributed by atoms with Crippen molar-refractivity contribution in [2.45, 2.75) is 44.6 Å². The van der Waals surface area contributed by atoms with E-state index < -0.39 is 0 Å². The highest BCUT2D eigenvalue weighted by molar-refractivity contribution is 5.72. The lowest BCUT2D eigenvalue weighted by Gasteiger charge is -2.22. The third-order valence-corrected chi connectivity index (χ3v) is 5.54. The first-order chi connectivity index (χ1) is 13.3. The molecule has 3 aromatic carbocycles. The van der Waals surface area contributed by atoms with Crippen LogP contribution in [-0.4, -0.2) is 0 Å². The van der Waals surface area contributed by atoms with Crippen LogP contribution in [0.3, 0.4) is 0 Å². The Labute approximate surface area is 162 Å². The first-order valence-corrected chi connectivity index (χ1v) is 9.96. The summed E-state index contributed by atoms with van der Waals surface area (Å²) in [5.41, 5.74) is 11.6. The zero-order chi connectivity index (χ0) is 18.5. The minimum Gasteiger partial charge on any atom is -0.488 e. The molecule has 0 amide bonds. The fourth-order valence-corrected chi connectivity index (χ4v) is 4.02. The van der Waals surface area contributed by atoms with E-state index in [1.165, 1.54) is 43.2 Å². The van der Waals surface area contributed by atoms with Crippen molar-refractivity contribution in [3.63, 3.8) is 0 Å². The first kappa shape index (κ1) is 17.7. The number of ether oxygens (including phenoxy) is 1. The van der Waals surface area contributed by atoms with Crippen LogP contribution in [0.2, 0.25) is 0 Å². The number of hydrogen-bond donors (Lipinski definition) is 1. The molecule has 2 heteroatoms. The molecule has 3 aromatic rings. The SMILES string of the molecule is Nc1cccc(-c2ccccc2OCc2ccc(C3CCCCC3)cc2)c1. The standard InChI is InChI=1S/C25H27NO/c26-23-10-6-9-22(17-23)24-11-4-5-12-25(24)27-18-19-13-15-21(16-14-19)20-7-2-1-3-8-20/h4-6,9-17,20H,1-3,7-8,18,26H2. The predicted octanol–water partition coefficient (Wildman–Crippen LogP) is 6.56. The number of anilines is 1. The molecule has 2 N–H and O–H groups in total. The second-order valence-corrected chi connectivity index (χ2v) is 7.49. The molecule has 0 atom stereocenters. The first-order valence-electron chi connectivity index (χ1n) is 9.96. The Balaban J connectivity index is 1.46. The van der Waals surface area contributed by atoms with E-state index in [4.69, 9.17) is 10.5 Å². The highest BCUT2D eigenvalue weighted by atomic mass is 16.5. The van der Waals surface area contributed by atoms with Gasteiger partial charge in [-0.15, -0.1) is 0 Å². The van der Waals surface area contributed by atoms with Crippen molar-refractivity contribution in [1.29, 1.82) is 0 Å². The van der Waals surface area contributed by atoms with Gasteiger partial charge < -0.3 is 10.5 Å². The van der Waals surface area contributed by atoms with E-state index in [-0.39, 0.29) is 0 Å². The van der Waals surface area contributed by atoms with Gasteiger partial charge in [-0.25, -0.2) is 0 Å². The number of nitrogen functional groups attached to an aromatic ring is 1. The van der Waals surface area contributed by atoms with Gasteiger partial charge >= 0.3 is 0 Å². The lowest BCUT2D eigenvalue weighted by atomic mass is 9.84. The van der Waals surface area contributed by atoms with Gasteiger partial charge in [0, 0.05) is 11.3 Å².